The van der Waals surface area contributed by atoms with Crippen LogP contribution in [0.2, 0.25) is 0 Å². The highest BCUT2D eigenvalue weighted by Crippen LogP contribution is 2.25. The fourth-order valence-corrected chi connectivity index (χ4v) is 0.270. The van der Waals surface area contributed by atoms with E-state index in [2.05, 4.69) is 0 Å². The first-order chi connectivity index (χ1) is 6.46. The predicted molar refractivity (Wildman–Crippen MR) is 41.5 cm³/mol. The minimum Gasteiger partial charge on any atom is -0.479 e. The Morgan fingerprint density at radius 2 is 1.00 bits per heavy atom. The van der Waals surface area contributed by atoms with Crippen LogP contribution in [0, 0.1) is 0 Å². The Morgan fingerprint density at radius 1 is 0.867 bits per heavy atom. The van der Waals surface area contributed by atoms with Gasteiger partial charge < -0.3 is 35.1 Å². The van der Waals surface area contributed by atoms with Crippen LogP contribution in [0.4, 0.5) is 0 Å². The molecule has 10 nitrogen and oxygen atoms in total. The van der Waals surface area contributed by atoms with Crippen molar-refractivity contribution in [3.63, 3.8) is 0 Å². The normalized spacial score (nSPS) is 14.5. The molecular weight excluding hydrogens is 239 g/mol. The van der Waals surface area contributed by atoms with Crippen molar-refractivity contribution < 1.29 is 49.3 Å². The van der Waals surface area contributed by atoms with Gasteiger partial charge in [-0.15, -0.1) is 0 Å². The van der Waals surface area contributed by atoms with Crippen molar-refractivity contribution in [1.29, 1.82) is 0 Å². The molecule has 0 fully saturated rings. The van der Waals surface area contributed by atoms with Crippen LogP contribution in [0.5, 0.6) is 0 Å². The minimum atomic E-state index is -4.64. The summed E-state index contributed by atoms with van der Waals surface area (Å²) in [5.74, 6) is -3.54. The Bertz CT molecular complexity index is 240. The SMILES string of the molecule is O=C(O)[C@H](O)[C@@H](O)C(=O)O.O=P(O)(O)O. The number of carboxylic acid groups (broad SMARTS) is 2. The highest BCUT2D eigenvalue weighted by atomic mass is 31.2. The van der Waals surface area contributed by atoms with Crippen LogP contribution >= 0.6 is 7.82 Å². The van der Waals surface area contributed by atoms with Gasteiger partial charge in [0.05, 0.1) is 0 Å². The zero-order chi connectivity index (χ0) is 12.8. The highest BCUT2D eigenvalue weighted by Gasteiger charge is 2.29. The summed E-state index contributed by atoms with van der Waals surface area (Å²) >= 11 is 0. The molecule has 0 unspecified atom stereocenters. The number of aliphatic hydroxyl groups is 2. The predicted octanol–water partition coefficient (Wildman–Crippen LogP) is -3.05. The second-order valence-electron chi connectivity index (χ2n) is 2.08. The Labute approximate surface area is 82.3 Å². The van der Waals surface area contributed by atoms with Crippen molar-refractivity contribution in [2.24, 2.45) is 0 Å². The van der Waals surface area contributed by atoms with Gasteiger partial charge in [-0.05, 0) is 0 Å². The lowest BCUT2D eigenvalue weighted by Gasteiger charge is -2.07. The van der Waals surface area contributed by atoms with Crippen LogP contribution < -0.4 is 0 Å². The summed E-state index contributed by atoms with van der Waals surface area (Å²) in [7, 11) is -4.64. The van der Waals surface area contributed by atoms with Gasteiger partial charge in [-0.1, -0.05) is 0 Å². The Hall–Kier alpha value is -1.03. The van der Waals surface area contributed by atoms with Crippen molar-refractivity contribution in [1.82, 2.24) is 0 Å². The second kappa shape index (κ2) is 6.45. The summed E-state index contributed by atoms with van der Waals surface area (Å²) in [5.41, 5.74) is 0. The van der Waals surface area contributed by atoms with Gasteiger partial charge in [0, 0.05) is 0 Å². The highest BCUT2D eigenvalue weighted by molar-refractivity contribution is 7.45. The van der Waals surface area contributed by atoms with Gasteiger partial charge in [-0.3, -0.25) is 0 Å². The van der Waals surface area contributed by atoms with E-state index in [9.17, 15) is 9.59 Å². The van der Waals surface area contributed by atoms with Gasteiger partial charge in [-0.25, -0.2) is 14.2 Å². The molecule has 2 atom stereocenters. The summed E-state index contributed by atoms with van der Waals surface area (Å²) in [6.45, 7) is 0. The Balaban J connectivity index is 0. The van der Waals surface area contributed by atoms with Crippen LogP contribution in [0.3, 0.4) is 0 Å². The molecule has 0 saturated heterocycles. The molecule has 90 valence electrons. The molecule has 0 saturated carbocycles. The van der Waals surface area contributed by atoms with Gasteiger partial charge in [0.1, 0.15) is 0 Å². The van der Waals surface area contributed by atoms with Gasteiger partial charge in [0.25, 0.3) is 0 Å². The molecule has 7 N–H and O–H groups in total. The standard InChI is InChI=1S/C4H6O6.H3O4P/c5-1(3(7)8)2(6)4(9)10;1-5(2,3)4/h1-2,5-6H,(H,7,8)(H,9,10);(H3,1,2,3,4)/t1-,2-;/m1./s1. The molecule has 0 radical (unpaired) electrons. The summed E-state index contributed by atoms with van der Waals surface area (Å²) < 4.78 is 8.88. The number of carboxylic acids is 2. The smallest absolute Gasteiger partial charge is 0.466 e. The van der Waals surface area contributed by atoms with E-state index in [1.165, 1.54) is 0 Å². The fraction of sp³-hybridized carbons (Fsp3) is 0.500. The Kier molecular flexibility index (Phi) is 7.06. The van der Waals surface area contributed by atoms with E-state index >= 15 is 0 Å². The maximum atomic E-state index is 9.77. The molecule has 11 heteroatoms. The van der Waals surface area contributed by atoms with Crippen molar-refractivity contribution in [2.45, 2.75) is 12.2 Å². The van der Waals surface area contributed by atoms with E-state index in [0.29, 0.717) is 0 Å². The number of aliphatic carboxylic acids is 2. The number of phosphoric acid groups is 1. The Morgan fingerprint density at radius 3 is 1.07 bits per heavy atom. The lowest BCUT2D eigenvalue weighted by molar-refractivity contribution is -0.165. The zero-order valence-corrected chi connectivity index (χ0v) is 7.85. The summed E-state index contributed by atoms with van der Waals surface area (Å²) in [6, 6.07) is 0. The number of carbonyl (C=O) groups is 2. The first-order valence-corrected chi connectivity index (χ1v) is 4.63. The summed E-state index contributed by atoms with van der Waals surface area (Å²) in [6.07, 6.45) is -4.53. The van der Waals surface area contributed by atoms with Crippen LogP contribution in [0.1, 0.15) is 0 Å². The maximum absolute atomic E-state index is 9.77. The fourth-order valence-electron chi connectivity index (χ4n) is 0.270. The molecule has 15 heavy (non-hydrogen) atoms. The van der Waals surface area contributed by atoms with Gasteiger partial charge in [0.2, 0.25) is 0 Å². The summed E-state index contributed by atoms with van der Waals surface area (Å²) in [5, 5.41) is 32.5. The molecule has 0 rings (SSSR count). The molecule has 0 heterocycles. The lowest BCUT2D eigenvalue weighted by atomic mass is 10.2. The number of rotatable bonds is 3. The first-order valence-electron chi connectivity index (χ1n) is 3.07. The van der Waals surface area contributed by atoms with E-state index in [1.54, 1.807) is 0 Å². The quantitative estimate of drug-likeness (QED) is 0.252. The van der Waals surface area contributed by atoms with Crippen molar-refractivity contribution in [2.75, 3.05) is 0 Å². The van der Waals surface area contributed by atoms with Gasteiger partial charge in [-0.2, -0.15) is 0 Å². The third kappa shape index (κ3) is 13.0. The molecule has 0 spiro atoms. The van der Waals surface area contributed by atoms with E-state index in [1.807, 2.05) is 0 Å². The van der Waals surface area contributed by atoms with E-state index in [0.717, 1.165) is 0 Å². The lowest BCUT2D eigenvalue weighted by Crippen LogP contribution is -2.39. The van der Waals surface area contributed by atoms with E-state index < -0.39 is 32.0 Å². The van der Waals surface area contributed by atoms with Gasteiger partial charge >= 0.3 is 19.8 Å². The minimum absolute atomic E-state index is 1.77. The summed E-state index contributed by atoms with van der Waals surface area (Å²) in [4.78, 5) is 41.1. The third-order valence-electron chi connectivity index (χ3n) is 0.805. The van der Waals surface area contributed by atoms with E-state index in [4.69, 9.17) is 39.7 Å². The molecule has 0 aromatic carbocycles. The molecule has 0 aliphatic heterocycles. The van der Waals surface area contributed by atoms with Crippen LogP contribution in [-0.2, 0) is 14.2 Å². The molecule has 0 aromatic rings. The van der Waals surface area contributed by atoms with Crippen LogP contribution in [0.15, 0.2) is 0 Å². The number of hydrogen-bond donors (Lipinski definition) is 7. The first kappa shape index (κ1) is 16.4. The van der Waals surface area contributed by atoms with Crippen LogP contribution in [0.25, 0.3) is 0 Å². The molecule has 0 aliphatic carbocycles. The average molecular weight is 248 g/mol. The topological polar surface area (TPSA) is 193 Å². The largest absolute Gasteiger partial charge is 0.479 e. The van der Waals surface area contributed by atoms with Crippen molar-refractivity contribution in [3.8, 4) is 0 Å². The molecule has 0 aromatic heterocycles. The van der Waals surface area contributed by atoms with Crippen molar-refractivity contribution in [3.05, 3.63) is 0 Å². The monoisotopic (exact) mass is 248 g/mol. The molecule has 0 amide bonds. The molecular formula is C4H9O10P. The van der Waals surface area contributed by atoms with Gasteiger partial charge in [0.15, 0.2) is 12.2 Å². The van der Waals surface area contributed by atoms with Crippen molar-refractivity contribution >= 4 is 19.8 Å². The van der Waals surface area contributed by atoms with Crippen LogP contribution in [-0.4, -0.2) is 59.3 Å². The van der Waals surface area contributed by atoms with E-state index in [-0.39, 0.29) is 0 Å². The third-order valence-corrected chi connectivity index (χ3v) is 0.805. The molecule has 0 aliphatic rings. The molecule has 0 bridgehead atoms. The zero-order valence-electron chi connectivity index (χ0n) is 6.96. The number of aliphatic hydroxyl groups excluding tert-OH is 2. The average Bonchev–Trinajstić information content (AvgIpc) is 1.98. The second-order valence-corrected chi connectivity index (χ2v) is 3.11. The number of hydrogen-bond acceptors (Lipinski definition) is 5. The maximum Gasteiger partial charge on any atom is 0.466 e.